The monoisotopic (exact) mass is 401 g/mol. The summed E-state index contributed by atoms with van der Waals surface area (Å²) in [4.78, 5) is 14.5. The van der Waals surface area contributed by atoms with Gasteiger partial charge in [-0.15, -0.1) is 0 Å². The number of anilines is 1. The highest BCUT2D eigenvalue weighted by atomic mass is 35.5. The molecule has 1 heterocycles. The lowest BCUT2D eigenvalue weighted by Crippen LogP contribution is -2.39. The zero-order valence-electron chi connectivity index (χ0n) is 15.7. The van der Waals surface area contributed by atoms with Crippen molar-refractivity contribution in [1.82, 2.24) is 9.21 Å². The van der Waals surface area contributed by atoms with Crippen molar-refractivity contribution in [3.05, 3.63) is 23.2 Å². The summed E-state index contributed by atoms with van der Waals surface area (Å²) in [6.45, 7) is 8.60. The maximum Gasteiger partial charge on any atom is 0.244 e. The molecule has 1 saturated heterocycles. The normalized spacial score (nSPS) is 18.9. The van der Waals surface area contributed by atoms with Crippen LogP contribution in [0.15, 0.2) is 23.1 Å². The van der Waals surface area contributed by atoms with Crippen LogP contribution < -0.4 is 5.32 Å². The Labute approximate surface area is 161 Å². The number of nitrogens with zero attached hydrogens (tertiary/aromatic N) is 2. The van der Waals surface area contributed by atoms with Crippen molar-refractivity contribution in [2.45, 2.75) is 38.5 Å². The number of likely N-dealkylation sites (tertiary alicyclic amines) is 1. The standard InChI is InChI=1S/C18H28ClN3O3S/c1-4-22(5-2)26(24,25)17-11-15(8-9-16(17)19)20-18(23)13-21-10-6-7-14(3)12-21/h8-9,11,14H,4-7,10,12-13H2,1-3H3,(H,20,23)/t14-/m1/s1. The Morgan fingerprint density at radius 2 is 2.04 bits per heavy atom. The summed E-state index contributed by atoms with van der Waals surface area (Å²) in [5.74, 6) is 0.450. The van der Waals surface area contributed by atoms with E-state index >= 15 is 0 Å². The van der Waals surface area contributed by atoms with Crippen LogP contribution in [0.3, 0.4) is 0 Å². The molecule has 26 heavy (non-hydrogen) atoms. The molecule has 8 heteroatoms. The number of sulfonamides is 1. The van der Waals surface area contributed by atoms with Crippen LogP contribution >= 0.6 is 11.6 Å². The zero-order chi connectivity index (χ0) is 19.3. The molecule has 1 aromatic rings. The average Bonchev–Trinajstić information content (AvgIpc) is 2.57. The van der Waals surface area contributed by atoms with Crippen LogP contribution in [0.1, 0.15) is 33.6 Å². The Kier molecular flexibility index (Phi) is 7.46. The van der Waals surface area contributed by atoms with E-state index in [1.54, 1.807) is 19.9 Å². The van der Waals surface area contributed by atoms with Gasteiger partial charge < -0.3 is 5.32 Å². The molecule has 0 spiro atoms. The van der Waals surface area contributed by atoms with Gasteiger partial charge in [-0.2, -0.15) is 4.31 Å². The molecule has 0 aliphatic carbocycles. The predicted molar refractivity (Wildman–Crippen MR) is 105 cm³/mol. The van der Waals surface area contributed by atoms with Crippen molar-refractivity contribution >= 4 is 33.2 Å². The number of carbonyl (C=O) groups is 1. The van der Waals surface area contributed by atoms with E-state index in [0.29, 0.717) is 31.2 Å². The van der Waals surface area contributed by atoms with Gasteiger partial charge in [-0.1, -0.05) is 32.4 Å². The van der Waals surface area contributed by atoms with Gasteiger partial charge in [0.15, 0.2) is 0 Å². The zero-order valence-corrected chi connectivity index (χ0v) is 17.2. The summed E-state index contributed by atoms with van der Waals surface area (Å²) in [5, 5.41) is 2.95. The Balaban J connectivity index is 2.12. The van der Waals surface area contributed by atoms with Crippen molar-refractivity contribution in [2.24, 2.45) is 5.92 Å². The van der Waals surface area contributed by atoms with Crippen LogP contribution in [0, 0.1) is 5.92 Å². The quantitative estimate of drug-likeness (QED) is 0.762. The highest BCUT2D eigenvalue weighted by Crippen LogP contribution is 2.27. The second-order valence-electron chi connectivity index (χ2n) is 6.77. The van der Waals surface area contributed by atoms with Crippen molar-refractivity contribution in [1.29, 1.82) is 0 Å². The third-order valence-corrected chi connectivity index (χ3v) is 7.18. The maximum atomic E-state index is 12.7. The number of amides is 1. The van der Waals surface area contributed by atoms with Crippen molar-refractivity contribution in [2.75, 3.05) is 38.0 Å². The summed E-state index contributed by atoms with van der Waals surface area (Å²) in [6.07, 6.45) is 2.30. The molecular weight excluding hydrogens is 374 g/mol. The van der Waals surface area contributed by atoms with E-state index in [-0.39, 0.29) is 15.8 Å². The summed E-state index contributed by atoms with van der Waals surface area (Å²) in [5.41, 5.74) is 0.440. The minimum Gasteiger partial charge on any atom is -0.325 e. The molecule has 1 aliphatic rings. The van der Waals surface area contributed by atoms with E-state index in [9.17, 15) is 13.2 Å². The summed E-state index contributed by atoms with van der Waals surface area (Å²) in [6, 6.07) is 4.57. The molecule has 0 bridgehead atoms. The molecule has 1 amide bonds. The van der Waals surface area contributed by atoms with Gasteiger partial charge >= 0.3 is 0 Å². The number of rotatable bonds is 7. The second kappa shape index (κ2) is 9.17. The first kappa shape index (κ1) is 21.2. The van der Waals surface area contributed by atoms with Gasteiger partial charge in [0.2, 0.25) is 15.9 Å². The number of hydrogen-bond acceptors (Lipinski definition) is 4. The van der Waals surface area contributed by atoms with E-state index in [1.807, 2.05) is 0 Å². The number of hydrogen-bond donors (Lipinski definition) is 1. The van der Waals surface area contributed by atoms with Crippen LogP contribution in [0.25, 0.3) is 0 Å². The van der Waals surface area contributed by atoms with Gasteiger partial charge in [0.25, 0.3) is 0 Å². The van der Waals surface area contributed by atoms with Gasteiger partial charge in [-0.05, 0) is 43.5 Å². The third-order valence-electron chi connectivity index (χ3n) is 4.65. The Hall–Kier alpha value is -1.15. The molecule has 1 fully saturated rings. The van der Waals surface area contributed by atoms with Crippen molar-refractivity contribution in [3.8, 4) is 0 Å². The SMILES string of the molecule is CCN(CC)S(=O)(=O)c1cc(NC(=O)CN2CCC[C@@H](C)C2)ccc1Cl. The molecule has 0 saturated carbocycles. The molecule has 2 rings (SSSR count). The predicted octanol–water partition coefficient (Wildman–Crippen LogP) is 3.04. The fraction of sp³-hybridized carbons (Fsp3) is 0.611. The molecule has 0 aromatic heterocycles. The van der Waals surface area contributed by atoms with Gasteiger partial charge in [-0.3, -0.25) is 9.69 Å². The number of carbonyl (C=O) groups excluding carboxylic acids is 1. The van der Waals surface area contributed by atoms with E-state index in [4.69, 9.17) is 11.6 Å². The summed E-state index contributed by atoms with van der Waals surface area (Å²) < 4.78 is 26.8. The minimum absolute atomic E-state index is 0.0206. The van der Waals surface area contributed by atoms with Gasteiger partial charge in [0.1, 0.15) is 4.90 Å². The molecule has 1 N–H and O–H groups in total. The number of halogens is 1. The van der Waals surface area contributed by atoms with E-state index < -0.39 is 10.0 Å². The molecule has 0 unspecified atom stereocenters. The van der Waals surface area contributed by atoms with Gasteiger partial charge in [-0.25, -0.2) is 8.42 Å². The molecule has 1 aliphatic heterocycles. The second-order valence-corrected chi connectivity index (χ2v) is 9.08. The van der Waals surface area contributed by atoms with Gasteiger partial charge in [0.05, 0.1) is 11.6 Å². The third kappa shape index (κ3) is 5.19. The first-order valence-electron chi connectivity index (χ1n) is 9.09. The smallest absolute Gasteiger partial charge is 0.244 e. The lowest BCUT2D eigenvalue weighted by Gasteiger charge is -2.30. The number of piperidine rings is 1. The highest BCUT2D eigenvalue weighted by molar-refractivity contribution is 7.89. The molecule has 1 aromatic carbocycles. The van der Waals surface area contributed by atoms with Crippen LogP contribution in [-0.4, -0.2) is 56.3 Å². The maximum absolute atomic E-state index is 12.7. The Morgan fingerprint density at radius 3 is 2.65 bits per heavy atom. The molecule has 1 atom stereocenters. The van der Waals surface area contributed by atoms with E-state index in [2.05, 4.69) is 17.1 Å². The van der Waals surface area contributed by atoms with Gasteiger partial charge in [0, 0.05) is 25.3 Å². The van der Waals surface area contributed by atoms with Crippen LogP contribution in [0.5, 0.6) is 0 Å². The lowest BCUT2D eigenvalue weighted by atomic mass is 10.0. The van der Waals surface area contributed by atoms with E-state index in [1.165, 1.54) is 22.9 Å². The topological polar surface area (TPSA) is 69.7 Å². The summed E-state index contributed by atoms with van der Waals surface area (Å²) in [7, 11) is -3.68. The summed E-state index contributed by atoms with van der Waals surface area (Å²) >= 11 is 6.12. The van der Waals surface area contributed by atoms with Crippen LogP contribution in [0.2, 0.25) is 5.02 Å². The van der Waals surface area contributed by atoms with Crippen LogP contribution in [-0.2, 0) is 14.8 Å². The minimum atomic E-state index is -3.68. The fourth-order valence-electron chi connectivity index (χ4n) is 3.32. The lowest BCUT2D eigenvalue weighted by molar-refractivity contribution is -0.117. The Morgan fingerprint density at radius 1 is 1.35 bits per heavy atom. The first-order valence-corrected chi connectivity index (χ1v) is 10.9. The van der Waals surface area contributed by atoms with Crippen molar-refractivity contribution in [3.63, 3.8) is 0 Å². The molecule has 0 radical (unpaired) electrons. The van der Waals surface area contributed by atoms with Crippen LogP contribution in [0.4, 0.5) is 5.69 Å². The van der Waals surface area contributed by atoms with E-state index in [0.717, 1.165) is 19.5 Å². The average molecular weight is 402 g/mol. The fourth-order valence-corrected chi connectivity index (χ4v) is 5.27. The molecule has 6 nitrogen and oxygen atoms in total. The number of benzene rings is 1. The molecule has 146 valence electrons. The first-order chi connectivity index (χ1) is 12.3. The van der Waals surface area contributed by atoms with Crippen molar-refractivity contribution < 1.29 is 13.2 Å². The number of nitrogens with one attached hydrogen (secondary N) is 1. The molecular formula is C18H28ClN3O3S. The Bertz CT molecular complexity index is 735. The largest absolute Gasteiger partial charge is 0.325 e. The highest BCUT2D eigenvalue weighted by Gasteiger charge is 2.25.